The van der Waals surface area contributed by atoms with Crippen molar-refractivity contribution in [1.29, 1.82) is 0 Å². The number of carbonyl (C=O) groups excluding carboxylic acids is 2. The molecule has 0 heterocycles. The number of amides is 2. The molecule has 1 aromatic carbocycles. The van der Waals surface area contributed by atoms with Crippen LogP contribution in [0.3, 0.4) is 0 Å². The first-order valence-electron chi connectivity index (χ1n) is 9.42. The Balaban J connectivity index is 3.13. The lowest BCUT2D eigenvalue weighted by Crippen LogP contribution is -2.37. The Bertz CT molecular complexity index is 823. The summed E-state index contributed by atoms with van der Waals surface area (Å²) < 4.78 is 30.0. The van der Waals surface area contributed by atoms with E-state index >= 15 is 0 Å². The molecule has 0 aliphatic carbocycles. The zero-order chi connectivity index (χ0) is 23.1. The predicted molar refractivity (Wildman–Crippen MR) is 113 cm³/mol. The monoisotopic (exact) mass is 423 g/mol. The Morgan fingerprint density at radius 3 is 2.17 bits per heavy atom. The van der Waals surface area contributed by atoms with Crippen molar-refractivity contribution in [2.45, 2.75) is 66.1 Å². The van der Waals surface area contributed by atoms with E-state index in [1.807, 2.05) is 0 Å². The lowest BCUT2D eigenvalue weighted by molar-refractivity contribution is 0.0551. The normalized spacial score (nSPS) is 12.1. The first kappa shape index (κ1) is 24.9. The minimum atomic E-state index is -0.825. The average molecular weight is 423 g/mol. The highest BCUT2D eigenvalue weighted by atomic mass is 19.1. The number of hydrogen-bond donors (Lipinski definition) is 2. The van der Waals surface area contributed by atoms with Crippen molar-refractivity contribution >= 4 is 29.6 Å². The van der Waals surface area contributed by atoms with Gasteiger partial charge in [-0.25, -0.2) is 19.3 Å². The summed E-state index contributed by atoms with van der Waals surface area (Å²) in [5, 5.41) is 4.83. The second-order valence-corrected chi connectivity index (χ2v) is 8.33. The van der Waals surface area contributed by atoms with Crippen molar-refractivity contribution in [3.8, 4) is 0 Å². The summed E-state index contributed by atoms with van der Waals surface area (Å²) in [4.78, 5) is 28.0. The van der Waals surface area contributed by atoms with E-state index in [-0.39, 0.29) is 17.4 Å². The van der Waals surface area contributed by atoms with Gasteiger partial charge in [0, 0.05) is 12.1 Å². The van der Waals surface area contributed by atoms with E-state index in [4.69, 9.17) is 14.2 Å². The van der Waals surface area contributed by atoms with Gasteiger partial charge in [-0.3, -0.25) is 5.32 Å². The summed E-state index contributed by atoms with van der Waals surface area (Å²) in [5.74, 6) is -0.396. The molecule has 0 fully saturated rings. The Morgan fingerprint density at radius 2 is 1.63 bits per heavy atom. The third kappa shape index (κ3) is 9.90. The number of alkyl carbamates (subject to hydrolysis) is 1. The van der Waals surface area contributed by atoms with Crippen molar-refractivity contribution in [2.75, 3.05) is 5.32 Å². The van der Waals surface area contributed by atoms with Crippen LogP contribution in [0.15, 0.2) is 35.5 Å². The number of benzene rings is 1. The predicted octanol–water partition coefficient (Wildman–Crippen LogP) is 5.63. The first-order valence-corrected chi connectivity index (χ1v) is 9.42. The number of aliphatic imine (C=N–C) groups is 1. The van der Waals surface area contributed by atoms with Gasteiger partial charge in [0.25, 0.3) is 0 Å². The molecule has 2 N–H and O–H groups in total. The Labute approximate surface area is 176 Å². The summed E-state index contributed by atoms with van der Waals surface area (Å²) in [6, 6.07) is 3.43. The largest absolute Gasteiger partial charge is 0.444 e. The van der Waals surface area contributed by atoms with Gasteiger partial charge in [-0.05, 0) is 59.7 Å². The second-order valence-electron chi connectivity index (χ2n) is 8.33. The van der Waals surface area contributed by atoms with Gasteiger partial charge in [0.05, 0.1) is 0 Å². The van der Waals surface area contributed by atoms with E-state index in [0.717, 1.165) is 6.07 Å². The maximum atomic E-state index is 14.3. The lowest BCUT2D eigenvalue weighted by atomic mass is 10.2. The van der Waals surface area contributed by atoms with Crippen LogP contribution >= 0.6 is 0 Å². The molecule has 0 radical (unpaired) electrons. The zero-order valence-electron chi connectivity index (χ0n) is 18.5. The molecule has 2 amide bonds. The van der Waals surface area contributed by atoms with Crippen LogP contribution < -0.4 is 10.6 Å². The molecule has 0 saturated heterocycles. The van der Waals surface area contributed by atoms with Gasteiger partial charge in [-0.15, -0.1) is 0 Å². The van der Waals surface area contributed by atoms with Gasteiger partial charge in [0.1, 0.15) is 28.5 Å². The Hall–Kier alpha value is -3.10. The summed E-state index contributed by atoms with van der Waals surface area (Å²) in [6.07, 6.45) is -1.09. The van der Waals surface area contributed by atoms with Crippen molar-refractivity contribution < 1.29 is 28.2 Å². The van der Waals surface area contributed by atoms with Gasteiger partial charge < -0.3 is 14.2 Å². The molecule has 0 aliphatic rings. The fourth-order valence-electron chi connectivity index (χ4n) is 1.88. The number of carbonyl (C=O) groups is 2. The minimum absolute atomic E-state index is 0.182. The smallest absolute Gasteiger partial charge is 0.415 e. The summed E-state index contributed by atoms with van der Waals surface area (Å²) in [6.45, 7) is 15.7. The van der Waals surface area contributed by atoms with Gasteiger partial charge in [-0.1, -0.05) is 13.5 Å². The summed E-state index contributed by atoms with van der Waals surface area (Å²) in [7, 11) is 0. The third-order valence-corrected chi connectivity index (χ3v) is 3.06. The summed E-state index contributed by atoms with van der Waals surface area (Å²) in [5.41, 5.74) is -1.38. The number of halogens is 1. The van der Waals surface area contributed by atoms with Gasteiger partial charge >= 0.3 is 18.2 Å². The molecule has 0 atom stereocenters. The maximum Gasteiger partial charge on any atom is 0.415 e. The van der Waals surface area contributed by atoms with Crippen LogP contribution in [0.2, 0.25) is 0 Å². The van der Waals surface area contributed by atoms with Crippen LogP contribution in [0.5, 0.6) is 0 Å². The zero-order valence-corrected chi connectivity index (χ0v) is 18.5. The number of nitrogens with one attached hydrogen (secondary N) is 2. The molecule has 0 bridgehead atoms. The number of hydrogen-bond acceptors (Lipinski definition) is 6. The highest BCUT2D eigenvalue weighted by Crippen LogP contribution is 2.24. The highest BCUT2D eigenvalue weighted by molar-refractivity contribution is 5.93. The number of anilines is 1. The fraction of sp³-hybridized carbons (Fsp3) is 0.476. The molecular formula is C21H30FN3O5. The number of rotatable bonds is 4. The van der Waals surface area contributed by atoms with Gasteiger partial charge in [0.15, 0.2) is 0 Å². The molecule has 1 rings (SSSR count). The Kier molecular flexibility index (Phi) is 8.38. The summed E-state index contributed by atoms with van der Waals surface area (Å²) >= 11 is 0. The van der Waals surface area contributed by atoms with Crippen LogP contribution in [0, 0.1) is 5.82 Å². The topological polar surface area (TPSA) is 98.3 Å². The molecule has 30 heavy (non-hydrogen) atoms. The standard InChI is InChI=1S/C21H30FN3O5/c1-9-13(2)28-17(25-19(27)30-21(6,7)8)24-16-12-14(10-11-15(16)22)23-18(26)29-20(3,4)5/h10-12H,2,9H2,1,3-8H3,(H,23,26)(H,24,25,27). The van der Waals surface area contributed by atoms with Crippen LogP contribution in [-0.4, -0.2) is 29.4 Å². The maximum absolute atomic E-state index is 14.3. The van der Waals surface area contributed by atoms with Crippen molar-refractivity contribution in [2.24, 2.45) is 4.99 Å². The van der Waals surface area contributed by atoms with E-state index in [2.05, 4.69) is 22.2 Å². The Morgan fingerprint density at radius 1 is 1.07 bits per heavy atom. The number of allylic oxidation sites excluding steroid dienone is 1. The minimum Gasteiger partial charge on any atom is -0.444 e. The molecule has 0 aromatic heterocycles. The van der Waals surface area contributed by atoms with Crippen LogP contribution in [0.4, 0.5) is 25.4 Å². The highest BCUT2D eigenvalue weighted by Gasteiger charge is 2.20. The lowest BCUT2D eigenvalue weighted by Gasteiger charge is -2.20. The van der Waals surface area contributed by atoms with E-state index in [9.17, 15) is 14.0 Å². The molecule has 166 valence electrons. The quantitative estimate of drug-likeness (QED) is 0.372. The molecule has 0 unspecified atom stereocenters. The van der Waals surface area contributed by atoms with Crippen LogP contribution in [0.1, 0.15) is 54.9 Å². The number of ether oxygens (including phenoxy) is 3. The second kappa shape index (κ2) is 10.1. The van der Waals surface area contributed by atoms with Gasteiger partial charge in [0.2, 0.25) is 0 Å². The SMILES string of the molecule is C=C(CC)O/C(=N\c1cc(NC(=O)OC(C)(C)C)ccc1F)NC(=O)OC(C)(C)C. The molecular weight excluding hydrogens is 393 g/mol. The van der Waals surface area contributed by atoms with E-state index in [1.54, 1.807) is 48.5 Å². The molecule has 0 spiro atoms. The van der Waals surface area contributed by atoms with Crippen molar-refractivity contribution in [3.63, 3.8) is 0 Å². The van der Waals surface area contributed by atoms with Crippen LogP contribution in [0.25, 0.3) is 0 Å². The number of nitrogens with zero attached hydrogens (tertiary/aromatic N) is 1. The molecule has 1 aromatic rings. The third-order valence-electron chi connectivity index (χ3n) is 3.06. The molecule has 9 heteroatoms. The van der Waals surface area contributed by atoms with E-state index in [0.29, 0.717) is 12.2 Å². The molecule has 8 nitrogen and oxygen atoms in total. The van der Waals surface area contributed by atoms with Gasteiger partial charge in [-0.2, -0.15) is 4.99 Å². The van der Waals surface area contributed by atoms with E-state index in [1.165, 1.54) is 12.1 Å². The van der Waals surface area contributed by atoms with Crippen molar-refractivity contribution in [1.82, 2.24) is 5.32 Å². The molecule has 0 saturated carbocycles. The number of amidine groups is 1. The fourth-order valence-corrected chi connectivity index (χ4v) is 1.88. The average Bonchev–Trinajstić information content (AvgIpc) is 2.54. The van der Waals surface area contributed by atoms with E-state index < -0.39 is 29.2 Å². The molecule has 0 aliphatic heterocycles. The van der Waals surface area contributed by atoms with Crippen LogP contribution in [-0.2, 0) is 14.2 Å². The first-order chi connectivity index (χ1) is 13.7. The van der Waals surface area contributed by atoms with Crippen molar-refractivity contribution in [3.05, 3.63) is 36.4 Å².